The quantitative estimate of drug-likeness (QED) is 0.469. The van der Waals surface area contributed by atoms with E-state index >= 15 is 0 Å². The lowest BCUT2D eigenvalue weighted by atomic mass is 9.55. The van der Waals surface area contributed by atoms with Crippen molar-refractivity contribution >= 4 is 0 Å². The van der Waals surface area contributed by atoms with Crippen molar-refractivity contribution in [2.75, 3.05) is 0 Å². The average molecular weight is 236 g/mol. The van der Waals surface area contributed by atoms with Gasteiger partial charge in [0.2, 0.25) is 0 Å². The number of rotatable bonds is 7. The van der Waals surface area contributed by atoms with Gasteiger partial charge in [0, 0.05) is 0 Å². The van der Waals surface area contributed by atoms with Gasteiger partial charge in [-0.05, 0) is 37.0 Å². The minimum absolute atomic E-state index is 0.866. The Morgan fingerprint density at radius 2 is 1.47 bits per heavy atom. The monoisotopic (exact) mass is 236 g/mol. The first kappa shape index (κ1) is 13.4. The number of hydrogen-bond donors (Lipinski definition) is 0. The van der Waals surface area contributed by atoms with E-state index in [4.69, 9.17) is 0 Å². The molecular weight excluding hydrogens is 204 g/mol. The normalized spacial score (nSPS) is 23.8. The zero-order chi connectivity index (χ0) is 12.0. The van der Waals surface area contributed by atoms with Crippen molar-refractivity contribution in [3.05, 3.63) is 0 Å². The standard InChI is InChI=1S/C17H32/c1-2-3-4-5-6-8-11-16-14-17(15-16)12-9-7-10-13-17/h16H,2-15H2,1H3. The van der Waals surface area contributed by atoms with E-state index in [9.17, 15) is 0 Å². The van der Waals surface area contributed by atoms with Gasteiger partial charge in [-0.2, -0.15) is 0 Å². The maximum Gasteiger partial charge on any atom is -0.0292 e. The lowest BCUT2D eigenvalue weighted by molar-refractivity contribution is 0.00968. The lowest BCUT2D eigenvalue weighted by Gasteiger charge is -2.50. The summed E-state index contributed by atoms with van der Waals surface area (Å²) in [7, 11) is 0. The second-order valence-corrected chi connectivity index (χ2v) is 6.89. The molecule has 2 fully saturated rings. The molecule has 0 saturated heterocycles. The van der Waals surface area contributed by atoms with Gasteiger partial charge in [0.25, 0.3) is 0 Å². The van der Waals surface area contributed by atoms with E-state index in [2.05, 4.69) is 6.92 Å². The molecule has 2 rings (SSSR count). The Bertz CT molecular complexity index is 192. The molecule has 17 heavy (non-hydrogen) atoms. The third-order valence-corrected chi connectivity index (χ3v) is 5.32. The van der Waals surface area contributed by atoms with Gasteiger partial charge in [-0.15, -0.1) is 0 Å². The molecule has 2 aliphatic carbocycles. The van der Waals surface area contributed by atoms with Gasteiger partial charge in [0.15, 0.2) is 0 Å². The average Bonchev–Trinajstić information content (AvgIpc) is 2.32. The van der Waals surface area contributed by atoms with E-state index in [1.54, 1.807) is 32.1 Å². The van der Waals surface area contributed by atoms with Gasteiger partial charge in [-0.3, -0.25) is 0 Å². The van der Waals surface area contributed by atoms with Crippen LogP contribution in [0.3, 0.4) is 0 Å². The second kappa shape index (κ2) is 6.81. The molecule has 0 unspecified atom stereocenters. The van der Waals surface area contributed by atoms with Crippen LogP contribution in [-0.2, 0) is 0 Å². The summed E-state index contributed by atoms with van der Waals surface area (Å²) in [6.07, 6.45) is 21.3. The summed E-state index contributed by atoms with van der Waals surface area (Å²) in [4.78, 5) is 0. The first-order valence-electron chi connectivity index (χ1n) is 8.35. The van der Waals surface area contributed by atoms with E-state index in [0.717, 1.165) is 11.3 Å². The van der Waals surface area contributed by atoms with E-state index in [1.807, 2.05) is 0 Å². The first-order chi connectivity index (χ1) is 8.35. The van der Waals surface area contributed by atoms with Crippen LogP contribution in [0.25, 0.3) is 0 Å². The summed E-state index contributed by atoms with van der Waals surface area (Å²) in [6, 6.07) is 0. The predicted octanol–water partition coefficient (Wildman–Crippen LogP) is 6.10. The molecule has 0 atom stereocenters. The zero-order valence-electron chi connectivity index (χ0n) is 12.0. The lowest BCUT2D eigenvalue weighted by Crippen LogP contribution is -2.38. The maximum absolute atomic E-state index is 2.30. The molecular formula is C17H32. The van der Waals surface area contributed by atoms with Crippen molar-refractivity contribution in [1.29, 1.82) is 0 Å². The fourth-order valence-corrected chi connectivity index (χ4v) is 4.29. The van der Waals surface area contributed by atoms with Gasteiger partial charge in [0.05, 0.1) is 0 Å². The predicted molar refractivity (Wildman–Crippen MR) is 76.2 cm³/mol. The summed E-state index contributed by atoms with van der Waals surface area (Å²) in [5.41, 5.74) is 0.866. The van der Waals surface area contributed by atoms with E-state index in [0.29, 0.717) is 0 Å². The molecule has 2 saturated carbocycles. The molecule has 0 radical (unpaired) electrons. The zero-order valence-corrected chi connectivity index (χ0v) is 12.0. The Labute approximate surface area is 109 Å². The fourth-order valence-electron chi connectivity index (χ4n) is 4.29. The number of unbranched alkanes of at least 4 members (excludes halogenated alkanes) is 5. The van der Waals surface area contributed by atoms with E-state index in [1.165, 1.54) is 57.8 Å². The smallest absolute Gasteiger partial charge is 0.0292 e. The highest BCUT2D eigenvalue weighted by atomic mass is 14.5. The molecule has 0 aromatic heterocycles. The fraction of sp³-hybridized carbons (Fsp3) is 1.00. The van der Waals surface area contributed by atoms with Gasteiger partial charge in [0.1, 0.15) is 0 Å². The largest absolute Gasteiger partial charge is 0.0654 e. The summed E-state index contributed by atoms with van der Waals surface area (Å²) >= 11 is 0. The highest BCUT2D eigenvalue weighted by Gasteiger charge is 2.43. The highest BCUT2D eigenvalue weighted by Crippen LogP contribution is 2.56. The van der Waals surface area contributed by atoms with E-state index in [-0.39, 0.29) is 0 Å². The van der Waals surface area contributed by atoms with Crippen molar-refractivity contribution in [2.45, 2.75) is 96.8 Å². The van der Waals surface area contributed by atoms with Crippen LogP contribution in [-0.4, -0.2) is 0 Å². The molecule has 0 amide bonds. The Hall–Kier alpha value is 0. The topological polar surface area (TPSA) is 0 Å². The summed E-state index contributed by atoms with van der Waals surface area (Å²) in [5.74, 6) is 1.12. The molecule has 0 nitrogen and oxygen atoms in total. The molecule has 0 heterocycles. The van der Waals surface area contributed by atoms with Crippen LogP contribution in [0.2, 0.25) is 0 Å². The third-order valence-electron chi connectivity index (χ3n) is 5.32. The Balaban J connectivity index is 1.46. The summed E-state index contributed by atoms with van der Waals surface area (Å²) in [5, 5.41) is 0. The van der Waals surface area contributed by atoms with Crippen LogP contribution in [0.15, 0.2) is 0 Å². The molecule has 2 aliphatic rings. The Morgan fingerprint density at radius 1 is 0.824 bits per heavy atom. The van der Waals surface area contributed by atoms with Gasteiger partial charge >= 0.3 is 0 Å². The number of hydrogen-bond acceptors (Lipinski definition) is 0. The Morgan fingerprint density at radius 3 is 2.18 bits per heavy atom. The van der Waals surface area contributed by atoms with Crippen molar-refractivity contribution in [2.24, 2.45) is 11.3 Å². The van der Waals surface area contributed by atoms with Gasteiger partial charge in [-0.1, -0.05) is 71.1 Å². The van der Waals surface area contributed by atoms with Crippen molar-refractivity contribution in [3.8, 4) is 0 Å². The maximum atomic E-state index is 2.30. The van der Waals surface area contributed by atoms with Gasteiger partial charge in [-0.25, -0.2) is 0 Å². The van der Waals surface area contributed by atoms with Crippen molar-refractivity contribution in [1.82, 2.24) is 0 Å². The van der Waals surface area contributed by atoms with Crippen molar-refractivity contribution < 1.29 is 0 Å². The van der Waals surface area contributed by atoms with Crippen LogP contribution < -0.4 is 0 Å². The van der Waals surface area contributed by atoms with Crippen LogP contribution in [0, 0.1) is 11.3 Å². The molecule has 0 bridgehead atoms. The summed E-state index contributed by atoms with van der Waals surface area (Å²) < 4.78 is 0. The summed E-state index contributed by atoms with van der Waals surface area (Å²) in [6.45, 7) is 2.30. The molecule has 0 heteroatoms. The van der Waals surface area contributed by atoms with Crippen LogP contribution in [0.5, 0.6) is 0 Å². The van der Waals surface area contributed by atoms with Crippen LogP contribution in [0.1, 0.15) is 96.8 Å². The van der Waals surface area contributed by atoms with Crippen LogP contribution >= 0.6 is 0 Å². The molecule has 1 spiro atoms. The van der Waals surface area contributed by atoms with Crippen molar-refractivity contribution in [3.63, 3.8) is 0 Å². The molecule has 0 aromatic carbocycles. The van der Waals surface area contributed by atoms with Gasteiger partial charge < -0.3 is 0 Å². The van der Waals surface area contributed by atoms with E-state index < -0.39 is 0 Å². The molecule has 100 valence electrons. The highest BCUT2D eigenvalue weighted by molar-refractivity contribution is 4.94. The molecule has 0 N–H and O–H groups in total. The SMILES string of the molecule is CCCCCCCCC1CC2(CCCCC2)C1. The molecule has 0 aromatic rings. The molecule has 0 aliphatic heterocycles. The Kier molecular flexibility index (Phi) is 5.38. The van der Waals surface area contributed by atoms with Crippen LogP contribution in [0.4, 0.5) is 0 Å². The minimum atomic E-state index is 0.866. The third kappa shape index (κ3) is 4.00. The minimum Gasteiger partial charge on any atom is -0.0654 e. The first-order valence-corrected chi connectivity index (χ1v) is 8.35. The second-order valence-electron chi connectivity index (χ2n) is 6.89.